The van der Waals surface area contributed by atoms with Gasteiger partial charge in [-0.2, -0.15) is 0 Å². The van der Waals surface area contributed by atoms with E-state index in [9.17, 15) is 9.59 Å². The summed E-state index contributed by atoms with van der Waals surface area (Å²) < 4.78 is 1.58. The lowest BCUT2D eigenvalue weighted by molar-refractivity contribution is -0.126. The minimum absolute atomic E-state index is 0.0503. The number of nitrogens with zero attached hydrogens (tertiary/aromatic N) is 2. The van der Waals surface area contributed by atoms with E-state index in [1.165, 1.54) is 6.07 Å². The van der Waals surface area contributed by atoms with Crippen LogP contribution in [0.1, 0.15) is 20.8 Å². The third kappa shape index (κ3) is 3.51. The van der Waals surface area contributed by atoms with Crippen LogP contribution in [0.2, 0.25) is 0 Å². The minimum atomic E-state index is -0.574. The molecule has 0 aromatic carbocycles. The lowest BCUT2D eigenvalue weighted by atomic mass is 10.0. The second-order valence-electron chi connectivity index (χ2n) is 5.79. The molecule has 0 saturated carbocycles. The highest BCUT2D eigenvalue weighted by Gasteiger charge is 2.35. The maximum Gasteiger partial charge on any atom is 0.250 e. The van der Waals surface area contributed by atoms with Gasteiger partial charge in [-0.05, 0) is 26.8 Å². The van der Waals surface area contributed by atoms with E-state index in [1.54, 1.807) is 16.8 Å². The number of amides is 1. The summed E-state index contributed by atoms with van der Waals surface area (Å²) in [6.45, 7) is 9.87. The fourth-order valence-corrected chi connectivity index (χ4v) is 2.50. The summed E-state index contributed by atoms with van der Waals surface area (Å²) in [6.07, 6.45) is 1.69. The molecule has 6 nitrogen and oxygen atoms in total. The second kappa shape index (κ2) is 6.41. The van der Waals surface area contributed by atoms with Gasteiger partial charge >= 0.3 is 0 Å². The standard InChI is InChI=1S/C15H24N4O2/c1-4-18-11-12(5-6-13(18)20)17-14(21)15(2,3)19-9-7-16-8-10-19/h5-6,11,16H,4,7-10H2,1-3H3,(H,17,21). The van der Waals surface area contributed by atoms with Crippen molar-refractivity contribution in [1.82, 2.24) is 14.8 Å². The van der Waals surface area contributed by atoms with Gasteiger partial charge in [0.1, 0.15) is 0 Å². The SMILES string of the molecule is CCn1cc(NC(=O)C(C)(C)N2CCNCC2)ccc1=O. The van der Waals surface area contributed by atoms with E-state index < -0.39 is 5.54 Å². The van der Waals surface area contributed by atoms with Crippen LogP contribution in [-0.4, -0.2) is 47.1 Å². The zero-order valence-corrected chi connectivity index (χ0v) is 13.0. The zero-order chi connectivity index (χ0) is 15.5. The van der Waals surface area contributed by atoms with Crippen molar-refractivity contribution < 1.29 is 4.79 Å². The summed E-state index contributed by atoms with van der Waals surface area (Å²) in [5.41, 5.74) is 0.0245. The predicted molar refractivity (Wildman–Crippen MR) is 83.5 cm³/mol. The van der Waals surface area contributed by atoms with Crippen LogP contribution < -0.4 is 16.2 Å². The number of aryl methyl sites for hydroxylation is 1. The molecular formula is C15H24N4O2. The maximum atomic E-state index is 12.6. The van der Waals surface area contributed by atoms with Crippen molar-refractivity contribution in [1.29, 1.82) is 0 Å². The Morgan fingerprint density at radius 2 is 2.00 bits per heavy atom. The van der Waals surface area contributed by atoms with Crippen molar-refractivity contribution in [3.63, 3.8) is 0 Å². The van der Waals surface area contributed by atoms with Gasteiger partial charge < -0.3 is 15.2 Å². The number of nitrogens with one attached hydrogen (secondary N) is 2. The molecule has 0 bridgehead atoms. The highest BCUT2D eigenvalue weighted by Crippen LogP contribution is 2.18. The molecule has 0 radical (unpaired) electrons. The van der Waals surface area contributed by atoms with E-state index in [0.717, 1.165) is 26.2 Å². The summed E-state index contributed by atoms with van der Waals surface area (Å²) in [4.78, 5) is 26.3. The number of pyridine rings is 1. The van der Waals surface area contributed by atoms with Crippen molar-refractivity contribution in [3.8, 4) is 0 Å². The van der Waals surface area contributed by atoms with Gasteiger partial charge in [-0.1, -0.05) is 0 Å². The average molecular weight is 292 g/mol. The lowest BCUT2D eigenvalue weighted by Gasteiger charge is -2.39. The van der Waals surface area contributed by atoms with Crippen molar-refractivity contribution in [2.45, 2.75) is 32.9 Å². The number of piperazine rings is 1. The van der Waals surface area contributed by atoms with E-state index in [2.05, 4.69) is 15.5 Å². The Morgan fingerprint density at radius 1 is 1.33 bits per heavy atom. The third-order valence-electron chi connectivity index (χ3n) is 4.05. The van der Waals surface area contributed by atoms with E-state index in [4.69, 9.17) is 0 Å². The monoisotopic (exact) mass is 292 g/mol. The van der Waals surface area contributed by atoms with Crippen LogP contribution in [0.4, 0.5) is 5.69 Å². The first-order valence-corrected chi connectivity index (χ1v) is 7.43. The zero-order valence-electron chi connectivity index (χ0n) is 13.0. The van der Waals surface area contributed by atoms with Gasteiger partial charge in [0.15, 0.2) is 0 Å². The fraction of sp³-hybridized carbons (Fsp3) is 0.600. The Bertz CT molecular complexity index is 559. The average Bonchev–Trinajstić information content (AvgIpc) is 2.50. The van der Waals surface area contributed by atoms with Gasteiger partial charge in [-0.15, -0.1) is 0 Å². The largest absolute Gasteiger partial charge is 0.323 e. The molecule has 21 heavy (non-hydrogen) atoms. The molecule has 1 aliphatic heterocycles. The van der Waals surface area contributed by atoms with Crippen LogP contribution in [0.3, 0.4) is 0 Å². The number of hydrogen-bond donors (Lipinski definition) is 2. The number of aromatic nitrogens is 1. The number of carbonyl (C=O) groups excluding carboxylic acids is 1. The summed E-state index contributed by atoms with van der Waals surface area (Å²) in [6, 6.07) is 3.14. The molecule has 2 rings (SSSR count). The van der Waals surface area contributed by atoms with Crippen LogP contribution >= 0.6 is 0 Å². The first kappa shape index (κ1) is 15.7. The van der Waals surface area contributed by atoms with Crippen LogP contribution in [-0.2, 0) is 11.3 Å². The van der Waals surface area contributed by atoms with Gasteiger partial charge in [0.2, 0.25) is 5.91 Å². The van der Waals surface area contributed by atoms with E-state index >= 15 is 0 Å². The van der Waals surface area contributed by atoms with Gasteiger partial charge in [0.25, 0.3) is 5.56 Å². The summed E-state index contributed by atoms with van der Waals surface area (Å²) in [5.74, 6) is -0.0503. The van der Waals surface area contributed by atoms with Gasteiger partial charge in [0.05, 0.1) is 11.2 Å². The molecule has 1 amide bonds. The molecule has 2 N–H and O–H groups in total. The molecule has 0 unspecified atom stereocenters. The van der Waals surface area contributed by atoms with E-state index in [-0.39, 0.29) is 11.5 Å². The highest BCUT2D eigenvalue weighted by atomic mass is 16.2. The topological polar surface area (TPSA) is 66.4 Å². The summed E-state index contributed by atoms with van der Waals surface area (Å²) >= 11 is 0. The first-order valence-electron chi connectivity index (χ1n) is 7.43. The Hall–Kier alpha value is -1.66. The fourth-order valence-electron chi connectivity index (χ4n) is 2.50. The quantitative estimate of drug-likeness (QED) is 0.847. The molecule has 2 heterocycles. The summed E-state index contributed by atoms with van der Waals surface area (Å²) in [5, 5.41) is 6.21. The molecule has 1 aliphatic rings. The normalized spacial score (nSPS) is 16.7. The van der Waals surface area contributed by atoms with Gasteiger partial charge in [0, 0.05) is 45.0 Å². The molecule has 1 fully saturated rings. The molecule has 0 atom stereocenters. The highest BCUT2D eigenvalue weighted by molar-refractivity contribution is 5.97. The van der Waals surface area contributed by atoms with Crippen LogP contribution in [0, 0.1) is 0 Å². The third-order valence-corrected chi connectivity index (χ3v) is 4.05. The molecule has 1 aromatic heterocycles. The molecule has 0 spiro atoms. The smallest absolute Gasteiger partial charge is 0.250 e. The molecular weight excluding hydrogens is 268 g/mol. The van der Waals surface area contributed by atoms with Crippen molar-refractivity contribution in [2.75, 3.05) is 31.5 Å². The predicted octanol–water partition coefficient (Wildman–Crippen LogP) is 0.491. The molecule has 0 aliphatic carbocycles. The van der Waals surface area contributed by atoms with E-state index in [1.807, 2.05) is 20.8 Å². The van der Waals surface area contributed by atoms with Gasteiger partial charge in [-0.3, -0.25) is 14.5 Å². The number of hydrogen-bond acceptors (Lipinski definition) is 4. The number of carbonyl (C=O) groups is 1. The Balaban J connectivity index is 2.11. The first-order chi connectivity index (χ1) is 9.95. The van der Waals surface area contributed by atoms with Crippen molar-refractivity contribution in [2.24, 2.45) is 0 Å². The van der Waals surface area contributed by atoms with Crippen LogP contribution in [0.5, 0.6) is 0 Å². The Labute approximate surface area is 125 Å². The molecule has 1 saturated heterocycles. The van der Waals surface area contributed by atoms with E-state index in [0.29, 0.717) is 12.2 Å². The minimum Gasteiger partial charge on any atom is -0.323 e. The van der Waals surface area contributed by atoms with Crippen LogP contribution in [0.25, 0.3) is 0 Å². The molecule has 6 heteroatoms. The number of anilines is 1. The van der Waals surface area contributed by atoms with Crippen LogP contribution in [0.15, 0.2) is 23.1 Å². The molecule has 1 aromatic rings. The Morgan fingerprint density at radius 3 is 2.62 bits per heavy atom. The second-order valence-corrected chi connectivity index (χ2v) is 5.79. The van der Waals surface area contributed by atoms with Crippen molar-refractivity contribution >= 4 is 11.6 Å². The number of rotatable bonds is 4. The maximum absolute atomic E-state index is 12.6. The van der Waals surface area contributed by atoms with Crippen molar-refractivity contribution in [3.05, 3.63) is 28.7 Å². The summed E-state index contributed by atoms with van der Waals surface area (Å²) in [7, 11) is 0. The Kier molecular flexibility index (Phi) is 4.80. The molecule has 116 valence electrons. The van der Waals surface area contributed by atoms with Gasteiger partial charge in [-0.25, -0.2) is 0 Å². The lowest BCUT2D eigenvalue weighted by Crippen LogP contribution is -2.58.